The molecule has 0 radical (unpaired) electrons. The van der Waals surface area contributed by atoms with Gasteiger partial charge < -0.3 is 10.1 Å². The quantitative estimate of drug-likeness (QED) is 0.284. The summed E-state index contributed by atoms with van der Waals surface area (Å²) in [5, 5.41) is 3.05. The van der Waals surface area contributed by atoms with Crippen LogP contribution in [-0.4, -0.2) is 11.9 Å². The number of carbonyl (C=O) groups excluding carboxylic acids is 2. The van der Waals surface area contributed by atoms with E-state index < -0.39 is 11.9 Å². The Morgan fingerprint density at radius 2 is 1.68 bits per heavy atom. The van der Waals surface area contributed by atoms with Gasteiger partial charge in [-0.05, 0) is 79.4 Å². The van der Waals surface area contributed by atoms with Crippen LogP contribution in [0.1, 0.15) is 11.1 Å². The predicted octanol–water partition coefficient (Wildman–Crippen LogP) is 6.54. The number of hydrogen-bond donors (Lipinski definition) is 1. The summed E-state index contributed by atoms with van der Waals surface area (Å²) in [6.07, 6.45) is 1.61. The maximum Gasteiger partial charge on any atom is 0.333 e. The van der Waals surface area contributed by atoms with E-state index in [-0.39, 0.29) is 5.70 Å². The summed E-state index contributed by atoms with van der Waals surface area (Å²) in [6, 6.07) is 19.5. The lowest BCUT2D eigenvalue weighted by molar-refractivity contribution is -0.113. The van der Waals surface area contributed by atoms with Crippen molar-refractivity contribution < 1.29 is 14.3 Å². The second kappa shape index (κ2) is 9.26. The van der Waals surface area contributed by atoms with Gasteiger partial charge in [0.25, 0.3) is 5.91 Å². The molecule has 1 aliphatic heterocycles. The van der Waals surface area contributed by atoms with Crippen LogP contribution >= 0.6 is 43.5 Å². The molecule has 0 spiro atoms. The molecule has 3 aromatic rings. The summed E-state index contributed by atoms with van der Waals surface area (Å²) < 4.78 is 7.36. The molecule has 4 rings (SSSR count). The summed E-state index contributed by atoms with van der Waals surface area (Å²) in [7, 11) is 0. The average molecular weight is 563 g/mol. The number of halogens is 3. The van der Waals surface area contributed by atoms with Crippen LogP contribution in [-0.2, 0) is 11.4 Å². The van der Waals surface area contributed by atoms with Gasteiger partial charge in [0.1, 0.15) is 18.1 Å². The van der Waals surface area contributed by atoms with Gasteiger partial charge in [0.05, 0.1) is 14.6 Å². The van der Waals surface area contributed by atoms with Crippen molar-refractivity contribution in [2.75, 3.05) is 4.90 Å². The zero-order valence-corrected chi connectivity index (χ0v) is 19.9. The molecule has 0 aromatic heterocycles. The van der Waals surface area contributed by atoms with Crippen LogP contribution in [0, 0.1) is 0 Å². The van der Waals surface area contributed by atoms with Crippen molar-refractivity contribution in [1.82, 2.24) is 5.32 Å². The fourth-order valence-electron chi connectivity index (χ4n) is 3.08. The Hall–Kier alpha value is -2.61. The zero-order chi connectivity index (χ0) is 22.0. The predicted molar refractivity (Wildman–Crippen MR) is 128 cm³/mol. The molecule has 1 N–H and O–H groups in total. The monoisotopic (exact) mass is 560 g/mol. The van der Waals surface area contributed by atoms with E-state index in [0.29, 0.717) is 37.6 Å². The topological polar surface area (TPSA) is 58.6 Å². The fraction of sp³-hybridized carbons (Fsp3) is 0.0435. The molecule has 1 aliphatic rings. The minimum atomic E-state index is -0.528. The third kappa shape index (κ3) is 4.84. The highest BCUT2D eigenvalue weighted by molar-refractivity contribution is 9.11. The molecule has 0 aliphatic carbocycles. The molecule has 3 aromatic carbocycles. The highest BCUT2D eigenvalue weighted by Crippen LogP contribution is 2.36. The van der Waals surface area contributed by atoms with Crippen molar-refractivity contribution in [1.29, 1.82) is 0 Å². The summed E-state index contributed by atoms with van der Waals surface area (Å²) in [5.41, 5.74) is 2.34. The van der Waals surface area contributed by atoms with Crippen molar-refractivity contribution in [3.63, 3.8) is 0 Å². The minimum absolute atomic E-state index is 0.168. The van der Waals surface area contributed by atoms with E-state index in [1.807, 2.05) is 42.5 Å². The summed E-state index contributed by atoms with van der Waals surface area (Å²) in [5.74, 6) is 0.192. The van der Waals surface area contributed by atoms with Crippen LogP contribution in [0.3, 0.4) is 0 Å². The standard InChI is InChI=1S/C23H15Br2ClN2O3/c24-18-9-15(10-19(25)21(18)31-13-14-5-2-1-3-6-14)11-20-22(29)28(23(30)27-20)17-8-4-7-16(26)12-17/h1-12H,13H2,(H,27,30)/b20-11+. The fourth-order valence-corrected chi connectivity index (χ4v) is 4.72. The van der Waals surface area contributed by atoms with E-state index in [2.05, 4.69) is 37.2 Å². The van der Waals surface area contributed by atoms with E-state index in [0.717, 1.165) is 10.5 Å². The Morgan fingerprint density at radius 3 is 2.35 bits per heavy atom. The second-order valence-electron chi connectivity index (χ2n) is 6.70. The first-order valence-corrected chi connectivity index (χ1v) is 11.2. The molecular formula is C23H15Br2ClN2O3. The van der Waals surface area contributed by atoms with Gasteiger partial charge in [0.15, 0.2) is 0 Å². The lowest BCUT2D eigenvalue weighted by Gasteiger charge is -2.12. The third-order valence-electron chi connectivity index (χ3n) is 4.50. The summed E-state index contributed by atoms with van der Waals surface area (Å²) in [6.45, 7) is 0.418. The SMILES string of the molecule is O=C1N/C(=C/c2cc(Br)c(OCc3ccccc3)c(Br)c2)C(=O)N1c1cccc(Cl)c1. The number of hydrogen-bond acceptors (Lipinski definition) is 3. The van der Waals surface area contributed by atoms with Crippen LogP contribution < -0.4 is 15.0 Å². The van der Waals surface area contributed by atoms with Gasteiger partial charge in [-0.3, -0.25) is 4.79 Å². The first kappa shape index (κ1) is 21.6. The number of ether oxygens (including phenoxy) is 1. The maximum absolute atomic E-state index is 12.8. The Bertz CT molecular complexity index is 1180. The molecule has 1 saturated heterocycles. The largest absolute Gasteiger partial charge is 0.487 e. The number of anilines is 1. The van der Waals surface area contributed by atoms with Crippen molar-refractivity contribution in [3.8, 4) is 5.75 Å². The number of nitrogens with one attached hydrogen (secondary N) is 1. The van der Waals surface area contributed by atoms with E-state index in [4.69, 9.17) is 16.3 Å². The zero-order valence-electron chi connectivity index (χ0n) is 15.9. The number of urea groups is 1. The second-order valence-corrected chi connectivity index (χ2v) is 8.84. The molecule has 0 unspecified atom stereocenters. The Morgan fingerprint density at radius 1 is 0.968 bits per heavy atom. The van der Waals surface area contributed by atoms with Gasteiger partial charge in [0, 0.05) is 5.02 Å². The van der Waals surface area contributed by atoms with Crippen molar-refractivity contribution in [2.45, 2.75) is 6.61 Å². The number of amides is 3. The van der Waals surface area contributed by atoms with Gasteiger partial charge in [-0.2, -0.15) is 0 Å². The van der Waals surface area contributed by atoms with E-state index in [1.165, 1.54) is 0 Å². The lowest BCUT2D eigenvalue weighted by atomic mass is 10.1. The van der Waals surface area contributed by atoms with Crippen LogP contribution in [0.25, 0.3) is 6.08 Å². The van der Waals surface area contributed by atoms with Gasteiger partial charge >= 0.3 is 6.03 Å². The first-order chi connectivity index (χ1) is 14.9. The van der Waals surface area contributed by atoms with Gasteiger partial charge in [-0.25, -0.2) is 9.69 Å². The first-order valence-electron chi connectivity index (χ1n) is 9.21. The highest BCUT2D eigenvalue weighted by atomic mass is 79.9. The van der Waals surface area contributed by atoms with Crippen LogP contribution in [0.4, 0.5) is 10.5 Å². The van der Waals surface area contributed by atoms with Crippen molar-refractivity contribution in [2.24, 2.45) is 0 Å². The molecule has 8 heteroatoms. The number of benzene rings is 3. The molecular weight excluding hydrogens is 548 g/mol. The van der Waals surface area contributed by atoms with E-state index in [1.54, 1.807) is 30.3 Å². The molecule has 1 fully saturated rings. The Balaban J connectivity index is 1.56. The lowest BCUT2D eigenvalue weighted by Crippen LogP contribution is -2.30. The molecule has 31 heavy (non-hydrogen) atoms. The molecule has 0 atom stereocenters. The summed E-state index contributed by atoms with van der Waals surface area (Å²) >= 11 is 13.0. The molecule has 1 heterocycles. The summed E-state index contributed by atoms with van der Waals surface area (Å²) in [4.78, 5) is 26.2. The van der Waals surface area contributed by atoms with Crippen LogP contribution in [0.2, 0.25) is 5.02 Å². The van der Waals surface area contributed by atoms with E-state index >= 15 is 0 Å². The smallest absolute Gasteiger partial charge is 0.333 e. The molecule has 0 saturated carbocycles. The maximum atomic E-state index is 12.8. The van der Waals surface area contributed by atoms with Crippen LogP contribution in [0.15, 0.2) is 81.4 Å². The minimum Gasteiger partial charge on any atom is -0.487 e. The Labute approximate surface area is 200 Å². The molecule has 3 amide bonds. The normalized spacial score (nSPS) is 14.8. The number of nitrogens with zero attached hydrogens (tertiary/aromatic N) is 1. The van der Waals surface area contributed by atoms with Crippen molar-refractivity contribution >= 4 is 67.2 Å². The number of carbonyl (C=O) groups is 2. The number of imide groups is 1. The molecule has 5 nitrogen and oxygen atoms in total. The Kier molecular flexibility index (Phi) is 6.46. The van der Waals surface area contributed by atoms with Crippen LogP contribution in [0.5, 0.6) is 5.75 Å². The highest BCUT2D eigenvalue weighted by Gasteiger charge is 2.35. The van der Waals surface area contributed by atoms with E-state index in [9.17, 15) is 9.59 Å². The van der Waals surface area contributed by atoms with Gasteiger partial charge in [-0.1, -0.05) is 48.0 Å². The molecule has 0 bridgehead atoms. The molecule has 156 valence electrons. The third-order valence-corrected chi connectivity index (χ3v) is 5.92. The van der Waals surface area contributed by atoms with Crippen molar-refractivity contribution in [3.05, 3.63) is 97.5 Å². The van der Waals surface area contributed by atoms with Gasteiger partial charge in [0.2, 0.25) is 0 Å². The number of rotatable bonds is 5. The average Bonchev–Trinajstić information content (AvgIpc) is 3.01. The van der Waals surface area contributed by atoms with Gasteiger partial charge in [-0.15, -0.1) is 0 Å².